The van der Waals surface area contributed by atoms with Gasteiger partial charge in [-0.15, -0.1) is 24.8 Å². The minimum atomic E-state index is 0. The number of rotatable bonds is 10. The van der Waals surface area contributed by atoms with Gasteiger partial charge in [0.05, 0.1) is 23.8 Å². The third-order valence-corrected chi connectivity index (χ3v) is 6.66. The maximum absolute atomic E-state index is 6.29. The van der Waals surface area contributed by atoms with E-state index in [1.54, 1.807) is 7.11 Å². The van der Waals surface area contributed by atoms with E-state index in [1.807, 2.05) is 24.3 Å². The summed E-state index contributed by atoms with van der Waals surface area (Å²) in [4.78, 5) is 7.34. The Morgan fingerprint density at radius 2 is 1.66 bits per heavy atom. The predicted octanol–water partition coefficient (Wildman–Crippen LogP) is 7.82. The highest BCUT2D eigenvalue weighted by Gasteiger charge is 2.16. The molecule has 0 saturated carbocycles. The average molecular weight is 535 g/mol. The van der Waals surface area contributed by atoms with Gasteiger partial charge < -0.3 is 15.0 Å². The third-order valence-electron chi connectivity index (χ3n) is 6.43. The normalized spacial score (nSPS) is 11.7. The number of aromatic nitrogens is 1. The van der Waals surface area contributed by atoms with Gasteiger partial charge in [-0.25, -0.2) is 4.98 Å². The number of fused-ring (bicyclic) bond motifs is 2. The monoisotopic (exact) mass is 533 g/mol. The summed E-state index contributed by atoms with van der Waals surface area (Å²) in [5.74, 6) is 1.21. The SMILES string of the molecule is CCN(CC)CCC(CNc1c2ccc(Cl)cc2nc2ccc(OC)cc12)c1ccccc1.Cl.Cl. The molecule has 0 saturated heterocycles. The van der Waals surface area contributed by atoms with Gasteiger partial charge in [-0.3, -0.25) is 0 Å². The van der Waals surface area contributed by atoms with Crippen LogP contribution in [0.5, 0.6) is 5.75 Å². The standard InChI is InChI=1S/C28H32ClN3O.2ClH/c1-4-32(5-2)16-15-21(20-9-7-6-8-10-20)19-30-28-24-13-11-22(29)17-27(24)31-26-14-12-23(33-3)18-25(26)28;;/h6-14,17-18,21H,4-5,15-16,19H2,1-3H3,(H,30,31);2*1H. The first kappa shape index (κ1) is 29.0. The van der Waals surface area contributed by atoms with Crippen LogP contribution in [0.4, 0.5) is 5.69 Å². The van der Waals surface area contributed by atoms with Crippen molar-refractivity contribution in [1.82, 2.24) is 9.88 Å². The summed E-state index contributed by atoms with van der Waals surface area (Å²) < 4.78 is 5.51. The zero-order chi connectivity index (χ0) is 23.2. The first-order valence-electron chi connectivity index (χ1n) is 11.7. The van der Waals surface area contributed by atoms with Crippen molar-refractivity contribution in [2.75, 3.05) is 38.6 Å². The Hall–Kier alpha value is -2.24. The summed E-state index contributed by atoms with van der Waals surface area (Å²) in [5, 5.41) is 6.61. The van der Waals surface area contributed by atoms with Gasteiger partial charge in [-0.1, -0.05) is 55.8 Å². The van der Waals surface area contributed by atoms with Gasteiger partial charge in [0.25, 0.3) is 0 Å². The Kier molecular flexibility index (Phi) is 11.4. The Labute approximate surface area is 225 Å². The van der Waals surface area contributed by atoms with Crippen LogP contribution in [0, 0.1) is 0 Å². The summed E-state index contributed by atoms with van der Waals surface area (Å²) >= 11 is 6.29. The molecular weight excluding hydrogens is 501 g/mol. The molecule has 4 nitrogen and oxygen atoms in total. The van der Waals surface area contributed by atoms with Crippen molar-refractivity contribution in [3.63, 3.8) is 0 Å². The van der Waals surface area contributed by atoms with Crippen molar-refractivity contribution in [2.45, 2.75) is 26.2 Å². The van der Waals surface area contributed by atoms with E-state index in [0.29, 0.717) is 10.9 Å². The van der Waals surface area contributed by atoms with Crippen LogP contribution in [0.2, 0.25) is 5.02 Å². The van der Waals surface area contributed by atoms with E-state index in [2.05, 4.69) is 66.5 Å². The molecule has 35 heavy (non-hydrogen) atoms. The lowest BCUT2D eigenvalue weighted by Gasteiger charge is -2.24. The van der Waals surface area contributed by atoms with Gasteiger partial charge >= 0.3 is 0 Å². The smallest absolute Gasteiger partial charge is 0.119 e. The van der Waals surface area contributed by atoms with Crippen molar-refractivity contribution < 1.29 is 4.74 Å². The second-order valence-electron chi connectivity index (χ2n) is 8.34. The Morgan fingerprint density at radius 1 is 0.914 bits per heavy atom. The highest BCUT2D eigenvalue weighted by atomic mass is 35.5. The van der Waals surface area contributed by atoms with Crippen LogP contribution in [0.15, 0.2) is 66.7 Å². The molecule has 188 valence electrons. The van der Waals surface area contributed by atoms with Crippen molar-refractivity contribution in [1.29, 1.82) is 0 Å². The van der Waals surface area contributed by atoms with Crippen LogP contribution in [0.3, 0.4) is 0 Å². The fraction of sp³-hybridized carbons (Fsp3) is 0.321. The van der Waals surface area contributed by atoms with Crippen LogP contribution in [-0.2, 0) is 0 Å². The van der Waals surface area contributed by atoms with Gasteiger partial charge in [0.15, 0.2) is 0 Å². The fourth-order valence-electron chi connectivity index (χ4n) is 4.43. The number of ether oxygens (including phenoxy) is 1. The van der Waals surface area contributed by atoms with Gasteiger partial charge in [-0.2, -0.15) is 0 Å². The number of halogens is 3. The summed E-state index contributed by atoms with van der Waals surface area (Å²) in [5.41, 5.74) is 4.25. The average Bonchev–Trinajstić information content (AvgIpc) is 2.85. The molecule has 1 N–H and O–H groups in total. The molecule has 0 spiro atoms. The third kappa shape index (κ3) is 6.92. The molecule has 0 aliphatic heterocycles. The fourth-order valence-corrected chi connectivity index (χ4v) is 4.60. The van der Waals surface area contributed by atoms with Gasteiger partial charge in [0.2, 0.25) is 0 Å². The molecular formula is C28H34Cl3N3O. The lowest BCUT2D eigenvalue weighted by molar-refractivity contribution is 0.291. The first-order valence-corrected chi connectivity index (χ1v) is 12.1. The molecule has 1 heterocycles. The highest BCUT2D eigenvalue weighted by Crippen LogP contribution is 2.35. The maximum atomic E-state index is 6.29. The molecule has 1 aromatic heterocycles. The number of methoxy groups -OCH3 is 1. The molecule has 1 unspecified atom stereocenters. The van der Waals surface area contributed by atoms with Crippen molar-refractivity contribution in [2.24, 2.45) is 0 Å². The minimum Gasteiger partial charge on any atom is -0.497 e. The zero-order valence-electron chi connectivity index (χ0n) is 20.5. The van der Waals surface area contributed by atoms with Crippen LogP contribution in [-0.4, -0.2) is 43.2 Å². The molecule has 1 atom stereocenters. The van der Waals surface area contributed by atoms with E-state index in [4.69, 9.17) is 21.3 Å². The van der Waals surface area contributed by atoms with E-state index in [1.165, 1.54) is 5.56 Å². The molecule has 4 rings (SSSR count). The molecule has 0 bridgehead atoms. The van der Waals surface area contributed by atoms with Crippen LogP contribution >= 0.6 is 36.4 Å². The number of hydrogen-bond donors (Lipinski definition) is 1. The lowest BCUT2D eigenvalue weighted by atomic mass is 9.95. The number of nitrogens with one attached hydrogen (secondary N) is 1. The van der Waals surface area contributed by atoms with Crippen molar-refractivity contribution >= 4 is 63.9 Å². The van der Waals surface area contributed by atoms with E-state index in [0.717, 1.165) is 65.8 Å². The van der Waals surface area contributed by atoms with E-state index in [-0.39, 0.29) is 24.8 Å². The van der Waals surface area contributed by atoms with Crippen LogP contribution < -0.4 is 10.1 Å². The molecule has 0 fully saturated rings. The van der Waals surface area contributed by atoms with Crippen LogP contribution in [0.1, 0.15) is 31.7 Å². The summed E-state index contributed by atoms with van der Waals surface area (Å²) in [6.45, 7) is 8.52. The second-order valence-corrected chi connectivity index (χ2v) is 8.77. The van der Waals surface area contributed by atoms with Crippen molar-refractivity contribution in [3.05, 3.63) is 77.3 Å². The molecule has 0 amide bonds. The van der Waals surface area contributed by atoms with E-state index in [9.17, 15) is 0 Å². The molecule has 0 radical (unpaired) electrons. The maximum Gasteiger partial charge on any atom is 0.119 e. The molecule has 0 aliphatic rings. The van der Waals surface area contributed by atoms with Gasteiger partial charge in [0.1, 0.15) is 5.75 Å². The summed E-state index contributed by atoms with van der Waals surface area (Å²) in [6.07, 6.45) is 1.09. The molecule has 0 aliphatic carbocycles. The van der Waals surface area contributed by atoms with Crippen molar-refractivity contribution in [3.8, 4) is 5.75 Å². The molecule has 3 aromatic carbocycles. The molecule has 7 heteroatoms. The first-order chi connectivity index (χ1) is 16.1. The lowest BCUT2D eigenvalue weighted by Crippen LogP contribution is -2.26. The number of hydrogen-bond acceptors (Lipinski definition) is 4. The zero-order valence-corrected chi connectivity index (χ0v) is 22.8. The Morgan fingerprint density at radius 3 is 2.34 bits per heavy atom. The number of nitrogens with zero attached hydrogens (tertiary/aromatic N) is 2. The highest BCUT2D eigenvalue weighted by molar-refractivity contribution is 6.31. The van der Waals surface area contributed by atoms with E-state index >= 15 is 0 Å². The molecule has 4 aromatic rings. The summed E-state index contributed by atoms with van der Waals surface area (Å²) in [6, 6.07) is 22.7. The largest absolute Gasteiger partial charge is 0.497 e. The Balaban J connectivity index is 0.00000216. The van der Waals surface area contributed by atoms with Gasteiger partial charge in [0, 0.05) is 28.3 Å². The summed E-state index contributed by atoms with van der Waals surface area (Å²) in [7, 11) is 1.70. The topological polar surface area (TPSA) is 37.4 Å². The second kappa shape index (κ2) is 13.7. The number of anilines is 1. The minimum absolute atomic E-state index is 0. The Bertz CT molecular complexity index is 1220. The quantitative estimate of drug-likeness (QED) is 0.210. The number of pyridine rings is 1. The predicted molar refractivity (Wildman–Crippen MR) is 155 cm³/mol. The number of benzene rings is 3. The van der Waals surface area contributed by atoms with E-state index < -0.39 is 0 Å². The van der Waals surface area contributed by atoms with Crippen LogP contribution in [0.25, 0.3) is 21.8 Å². The van der Waals surface area contributed by atoms with Gasteiger partial charge in [-0.05, 0) is 68.0 Å².